The third-order valence-corrected chi connectivity index (χ3v) is 13.2. The minimum absolute atomic E-state index is 0.0102. The Kier molecular flexibility index (Phi) is 4.73. The lowest BCUT2D eigenvalue weighted by molar-refractivity contribution is 0.652. The summed E-state index contributed by atoms with van der Waals surface area (Å²) in [5.41, 5.74) is 11.8. The Morgan fingerprint density at radius 1 is 0.500 bits per heavy atom. The molecule has 0 atom stereocenters. The van der Waals surface area contributed by atoms with E-state index in [9.17, 15) is 0 Å². The zero-order valence-corrected chi connectivity index (χ0v) is 25.8. The zero-order chi connectivity index (χ0) is 26.0. The number of hydrogen-bond acceptors (Lipinski definition) is 0. The van der Waals surface area contributed by atoms with Gasteiger partial charge >= 0.3 is 0 Å². The molecule has 0 radical (unpaired) electrons. The van der Waals surface area contributed by atoms with Gasteiger partial charge in [0.25, 0.3) is 0 Å². The van der Waals surface area contributed by atoms with Gasteiger partial charge in [-0.15, -0.1) is 0 Å². The normalized spacial score (nSPS) is 17.1. The predicted molar refractivity (Wildman–Crippen MR) is 165 cm³/mol. The summed E-state index contributed by atoms with van der Waals surface area (Å²) in [7, 11) is -2.89. The van der Waals surface area contributed by atoms with Crippen molar-refractivity contribution in [2.75, 3.05) is 0 Å². The van der Waals surface area contributed by atoms with Crippen molar-refractivity contribution in [3.8, 4) is 22.3 Å². The second-order valence-corrected chi connectivity index (χ2v) is 24.5. The second kappa shape index (κ2) is 7.11. The molecule has 2 aliphatic rings. The van der Waals surface area contributed by atoms with Gasteiger partial charge in [-0.3, -0.25) is 0 Å². The van der Waals surface area contributed by atoms with E-state index in [1.54, 1.807) is 10.4 Å². The third-order valence-electron chi connectivity index (χ3n) is 9.15. The van der Waals surface area contributed by atoms with Crippen LogP contribution in [-0.2, 0) is 10.8 Å². The smallest absolute Gasteiger partial charge is 0.0656 e. The average Bonchev–Trinajstić information content (AvgIpc) is 3.15. The molecule has 2 aliphatic carbocycles. The van der Waals surface area contributed by atoms with Crippen LogP contribution in [0.4, 0.5) is 0 Å². The maximum absolute atomic E-state index is 2.59. The maximum atomic E-state index is 2.59. The highest BCUT2D eigenvalue weighted by atomic mass is 28.3. The number of rotatable bonds is 2. The van der Waals surface area contributed by atoms with E-state index in [1.807, 2.05) is 0 Å². The highest BCUT2D eigenvalue weighted by Gasteiger charge is 2.43. The maximum Gasteiger partial charge on any atom is 0.0784 e. The van der Waals surface area contributed by atoms with Crippen LogP contribution >= 0.6 is 0 Å². The summed E-state index contributed by atoms with van der Waals surface area (Å²) >= 11 is 0. The van der Waals surface area contributed by atoms with Crippen molar-refractivity contribution >= 4 is 37.3 Å². The van der Waals surface area contributed by atoms with Gasteiger partial charge in [-0.2, -0.15) is 0 Å². The highest BCUT2D eigenvalue weighted by molar-refractivity contribution is 6.90. The minimum atomic E-state index is -1.51. The summed E-state index contributed by atoms with van der Waals surface area (Å²) in [6, 6.07) is 24.3. The van der Waals surface area contributed by atoms with Gasteiger partial charge in [0.2, 0.25) is 0 Å². The molecule has 184 valence electrons. The van der Waals surface area contributed by atoms with Gasteiger partial charge in [0, 0.05) is 10.8 Å². The summed E-state index contributed by atoms with van der Waals surface area (Å²) in [6.07, 6.45) is 0. The van der Waals surface area contributed by atoms with E-state index < -0.39 is 16.1 Å². The third kappa shape index (κ3) is 3.10. The van der Waals surface area contributed by atoms with Gasteiger partial charge in [-0.25, -0.2) is 0 Å². The van der Waals surface area contributed by atoms with E-state index in [0.29, 0.717) is 0 Å². The first-order valence-electron chi connectivity index (χ1n) is 13.5. The van der Waals surface area contributed by atoms with Crippen LogP contribution in [0.2, 0.25) is 39.3 Å². The Labute approximate surface area is 219 Å². The molecule has 0 N–H and O–H groups in total. The molecular formula is C34H40Si2. The van der Waals surface area contributed by atoms with Crippen LogP contribution in [0, 0.1) is 0 Å². The molecule has 0 unspecified atom stereocenters. The Bertz CT molecular complexity index is 1590. The molecule has 0 saturated heterocycles. The van der Waals surface area contributed by atoms with Crippen molar-refractivity contribution in [2.24, 2.45) is 0 Å². The summed E-state index contributed by atoms with van der Waals surface area (Å²) in [5.74, 6) is 0. The van der Waals surface area contributed by atoms with E-state index >= 15 is 0 Å². The fourth-order valence-electron chi connectivity index (χ4n) is 6.90. The van der Waals surface area contributed by atoms with E-state index in [0.717, 1.165) is 0 Å². The van der Waals surface area contributed by atoms with Gasteiger partial charge in [0.1, 0.15) is 0 Å². The molecule has 0 amide bonds. The molecule has 4 aromatic carbocycles. The lowest BCUT2D eigenvalue weighted by atomic mass is 9.79. The summed E-state index contributed by atoms with van der Waals surface area (Å²) < 4.78 is 0. The monoisotopic (exact) mass is 504 g/mol. The van der Waals surface area contributed by atoms with Gasteiger partial charge in [0.05, 0.1) is 16.1 Å². The quantitative estimate of drug-likeness (QED) is 0.240. The first kappa shape index (κ1) is 23.9. The predicted octanol–water partition coefficient (Wildman–Crippen LogP) is 8.54. The molecule has 0 spiro atoms. The van der Waals surface area contributed by atoms with Crippen molar-refractivity contribution < 1.29 is 0 Å². The molecule has 0 nitrogen and oxygen atoms in total. The van der Waals surface area contributed by atoms with E-state index in [4.69, 9.17) is 0 Å². The topological polar surface area (TPSA) is 0 Å². The van der Waals surface area contributed by atoms with E-state index in [1.165, 1.54) is 55.3 Å². The summed E-state index contributed by atoms with van der Waals surface area (Å²) in [4.78, 5) is 0. The molecule has 6 rings (SSSR count). The summed E-state index contributed by atoms with van der Waals surface area (Å²) in [5, 5.41) is 6.05. The lowest BCUT2D eigenvalue weighted by Gasteiger charge is -2.26. The largest absolute Gasteiger partial charge is 0.0784 e. The molecule has 0 aliphatic heterocycles. The van der Waals surface area contributed by atoms with Gasteiger partial charge in [-0.1, -0.05) is 126 Å². The van der Waals surface area contributed by atoms with Gasteiger partial charge in [-0.05, 0) is 67.4 Å². The van der Waals surface area contributed by atoms with Crippen LogP contribution in [0.15, 0.2) is 60.7 Å². The van der Waals surface area contributed by atoms with Crippen molar-refractivity contribution in [2.45, 2.75) is 77.8 Å². The second-order valence-electron chi connectivity index (χ2n) is 14.3. The van der Waals surface area contributed by atoms with Gasteiger partial charge in [0.15, 0.2) is 0 Å². The molecule has 0 fully saturated rings. The lowest BCUT2D eigenvalue weighted by Crippen LogP contribution is -2.39. The Morgan fingerprint density at radius 3 is 1.69 bits per heavy atom. The molecule has 2 heteroatoms. The highest BCUT2D eigenvalue weighted by Crippen LogP contribution is 2.57. The molecular weight excluding hydrogens is 465 g/mol. The first-order valence-corrected chi connectivity index (χ1v) is 20.5. The minimum Gasteiger partial charge on any atom is -0.0656 e. The van der Waals surface area contributed by atoms with Crippen LogP contribution in [0.3, 0.4) is 0 Å². The van der Waals surface area contributed by atoms with Crippen LogP contribution in [0.5, 0.6) is 0 Å². The van der Waals surface area contributed by atoms with Crippen LogP contribution in [0.1, 0.15) is 49.9 Å². The molecule has 4 aromatic rings. The van der Waals surface area contributed by atoms with Crippen molar-refractivity contribution in [3.05, 3.63) is 82.9 Å². The summed E-state index contributed by atoms with van der Waals surface area (Å²) in [6.45, 7) is 24.6. The van der Waals surface area contributed by atoms with Crippen LogP contribution in [0.25, 0.3) is 33.0 Å². The molecule has 0 bridgehead atoms. The molecule has 0 heterocycles. The Hall–Kier alpha value is -2.43. The Balaban J connectivity index is 1.66. The fraction of sp³-hybridized carbons (Fsp3) is 0.353. The average molecular weight is 505 g/mol. The van der Waals surface area contributed by atoms with Crippen LogP contribution in [-0.4, -0.2) is 16.1 Å². The van der Waals surface area contributed by atoms with E-state index in [2.05, 4.69) is 128 Å². The molecule has 0 aromatic heterocycles. The number of fused-ring (bicyclic) bond motifs is 8. The first-order chi connectivity index (χ1) is 16.6. The van der Waals surface area contributed by atoms with Crippen molar-refractivity contribution in [3.63, 3.8) is 0 Å². The van der Waals surface area contributed by atoms with E-state index in [-0.39, 0.29) is 10.8 Å². The number of hydrogen-bond donors (Lipinski definition) is 0. The molecule has 0 saturated carbocycles. The van der Waals surface area contributed by atoms with Crippen molar-refractivity contribution in [1.82, 2.24) is 0 Å². The van der Waals surface area contributed by atoms with Crippen LogP contribution < -0.4 is 10.4 Å². The molecule has 36 heavy (non-hydrogen) atoms. The fourth-order valence-corrected chi connectivity index (χ4v) is 9.66. The standard InChI is InChI=1S/C34H40Si2/c1-33(2)27-17-21(35(5,6)7)15-16-22(27)25-18-29-26(19-28(25)33)32-24-14-12-11-13-23(24)31(36(8,9)10)20-30(32)34(29,3)4/h11-20H,1-10H3. The zero-order valence-electron chi connectivity index (χ0n) is 23.8. The number of benzene rings is 4. The Morgan fingerprint density at radius 2 is 1.06 bits per heavy atom. The van der Waals surface area contributed by atoms with Gasteiger partial charge < -0.3 is 0 Å². The van der Waals surface area contributed by atoms with Crippen molar-refractivity contribution in [1.29, 1.82) is 0 Å². The SMILES string of the molecule is CC1(C)c2cc([Si](C)(C)C)ccc2-c2cc3c(cc21)-c1c(cc([Si](C)(C)C)c2ccccc12)C3(C)C.